The van der Waals surface area contributed by atoms with E-state index < -0.39 is 0 Å². The van der Waals surface area contributed by atoms with E-state index in [9.17, 15) is 0 Å². The van der Waals surface area contributed by atoms with Crippen LogP contribution in [0.2, 0.25) is 0 Å². The molecular weight excluding hydrogens is 240 g/mol. The van der Waals surface area contributed by atoms with Crippen LogP contribution in [0.25, 0.3) is 0 Å². The standard InChI is InChI=1S/C20H24/c1-2-6-5(1)9-10(6)14-13(9)17-18(14)20-16-12-8-4-3-7(8)11(12)15(16)19(17)20/h5-20H,1-4H2/t5-,6+,7+,8-,9+,10-,11-,12+,13-,14+,15+,16-,17?,18?,19?,20?. The predicted molar refractivity (Wildman–Crippen MR) is 74.3 cm³/mol. The fourth-order valence-corrected chi connectivity index (χ4v) is 11.5. The Kier molecular flexibility index (Phi) is 1.05. The smallest absolute Gasteiger partial charge is 0.0312 e. The van der Waals surface area contributed by atoms with Crippen molar-refractivity contribution in [3.8, 4) is 0 Å². The van der Waals surface area contributed by atoms with Crippen LogP contribution in [0.4, 0.5) is 0 Å². The zero-order valence-corrected chi connectivity index (χ0v) is 12.1. The fraction of sp³-hybridized carbons (Fsp3) is 1.00. The van der Waals surface area contributed by atoms with Gasteiger partial charge in [-0.15, -0.1) is 0 Å². The van der Waals surface area contributed by atoms with Gasteiger partial charge in [0.2, 0.25) is 0 Å². The van der Waals surface area contributed by atoms with Crippen LogP contribution in [-0.2, 0) is 0 Å². The Morgan fingerprint density at radius 3 is 0.650 bits per heavy atom. The molecule has 0 radical (unpaired) electrons. The summed E-state index contributed by atoms with van der Waals surface area (Å²) in [5.74, 6) is 20.8. The molecule has 9 aliphatic rings. The summed E-state index contributed by atoms with van der Waals surface area (Å²) in [4.78, 5) is 0. The van der Waals surface area contributed by atoms with Crippen LogP contribution in [0, 0.1) is 94.7 Å². The second-order valence-corrected chi connectivity index (χ2v) is 10.7. The lowest BCUT2D eigenvalue weighted by molar-refractivity contribution is -0.482. The molecule has 0 aromatic carbocycles. The van der Waals surface area contributed by atoms with Crippen molar-refractivity contribution in [1.29, 1.82) is 0 Å². The molecule has 20 heavy (non-hydrogen) atoms. The van der Waals surface area contributed by atoms with Gasteiger partial charge >= 0.3 is 0 Å². The molecular formula is C20H24. The molecule has 0 amide bonds. The predicted octanol–water partition coefficient (Wildman–Crippen LogP) is 3.53. The van der Waals surface area contributed by atoms with Crippen molar-refractivity contribution in [2.45, 2.75) is 25.7 Å². The van der Waals surface area contributed by atoms with Gasteiger partial charge in [0.05, 0.1) is 0 Å². The normalized spacial score (nSPS) is 91.2. The summed E-state index contributed by atoms with van der Waals surface area (Å²) in [5.41, 5.74) is 0. The van der Waals surface area contributed by atoms with Crippen LogP contribution in [0.15, 0.2) is 0 Å². The number of fused-ring (bicyclic) bond motifs is 22. The second-order valence-electron chi connectivity index (χ2n) is 10.7. The summed E-state index contributed by atoms with van der Waals surface area (Å²) < 4.78 is 0. The SMILES string of the molecule is C1C[C@H]2[C@@H]1[C@@H]1[C@H]3C4C(C5C4[C@@H]4[C@H]5[C@H]5[C@@H]6CC[C@@H]6[C@@H]45)[C@H]3[C@H]21. The summed E-state index contributed by atoms with van der Waals surface area (Å²) in [7, 11) is 0. The third-order valence-electron chi connectivity index (χ3n) is 11.9. The molecule has 9 saturated carbocycles. The van der Waals surface area contributed by atoms with Gasteiger partial charge in [-0.2, -0.15) is 0 Å². The molecule has 0 N–H and O–H groups in total. The first-order valence-corrected chi connectivity index (χ1v) is 9.97. The van der Waals surface area contributed by atoms with Crippen LogP contribution in [0.3, 0.4) is 0 Å². The fourth-order valence-electron chi connectivity index (χ4n) is 11.5. The molecule has 0 bridgehead atoms. The highest BCUT2D eigenvalue weighted by molar-refractivity contribution is 5.37. The molecule has 0 aromatic heterocycles. The summed E-state index contributed by atoms with van der Waals surface area (Å²) >= 11 is 0. The molecule has 104 valence electrons. The van der Waals surface area contributed by atoms with E-state index in [0.717, 1.165) is 0 Å². The van der Waals surface area contributed by atoms with Crippen molar-refractivity contribution in [2.24, 2.45) is 94.7 Å². The summed E-state index contributed by atoms with van der Waals surface area (Å²) in [6.45, 7) is 0. The molecule has 0 heterocycles. The van der Waals surface area contributed by atoms with Crippen molar-refractivity contribution in [2.75, 3.05) is 0 Å². The van der Waals surface area contributed by atoms with Gasteiger partial charge < -0.3 is 0 Å². The summed E-state index contributed by atoms with van der Waals surface area (Å²) in [6, 6.07) is 0. The van der Waals surface area contributed by atoms with Gasteiger partial charge in [0.1, 0.15) is 0 Å². The van der Waals surface area contributed by atoms with Gasteiger partial charge in [-0.3, -0.25) is 0 Å². The first kappa shape index (κ1) is 9.21. The van der Waals surface area contributed by atoms with E-state index >= 15 is 0 Å². The Balaban J connectivity index is 1.09. The summed E-state index contributed by atoms with van der Waals surface area (Å²) in [6.07, 6.45) is 6.56. The van der Waals surface area contributed by atoms with E-state index in [4.69, 9.17) is 0 Å². The lowest BCUT2D eigenvalue weighted by atomic mass is 9.09. The van der Waals surface area contributed by atoms with E-state index in [2.05, 4.69) is 0 Å². The van der Waals surface area contributed by atoms with Crippen molar-refractivity contribution in [1.82, 2.24) is 0 Å². The maximum atomic E-state index is 1.64. The molecule has 9 aliphatic carbocycles. The van der Waals surface area contributed by atoms with E-state index in [1.165, 1.54) is 94.7 Å². The van der Waals surface area contributed by atoms with Crippen LogP contribution < -0.4 is 0 Å². The van der Waals surface area contributed by atoms with Crippen molar-refractivity contribution >= 4 is 0 Å². The zero-order valence-electron chi connectivity index (χ0n) is 12.1. The largest absolute Gasteiger partial charge is 0.0496 e. The first-order chi connectivity index (χ1) is 9.97. The van der Waals surface area contributed by atoms with Crippen molar-refractivity contribution in [3.05, 3.63) is 0 Å². The number of rotatable bonds is 0. The Morgan fingerprint density at radius 2 is 0.450 bits per heavy atom. The van der Waals surface area contributed by atoms with Gasteiger partial charge in [-0.05, 0) is 120 Å². The van der Waals surface area contributed by atoms with Crippen LogP contribution in [-0.4, -0.2) is 0 Å². The van der Waals surface area contributed by atoms with Crippen LogP contribution >= 0.6 is 0 Å². The number of hydrogen-bond acceptors (Lipinski definition) is 0. The molecule has 0 spiro atoms. The average molecular weight is 264 g/mol. The van der Waals surface area contributed by atoms with Gasteiger partial charge in [0.25, 0.3) is 0 Å². The van der Waals surface area contributed by atoms with Crippen LogP contribution in [0.1, 0.15) is 25.7 Å². The molecule has 9 fully saturated rings. The van der Waals surface area contributed by atoms with E-state index in [-0.39, 0.29) is 0 Å². The Morgan fingerprint density at radius 1 is 0.250 bits per heavy atom. The molecule has 9 rings (SSSR count). The molecule has 0 heteroatoms. The van der Waals surface area contributed by atoms with Crippen molar-refractivity contribution < 1.29 is 0 Å². The quantitative estimate of drug-likeness (QED) is 0.587. The minimum absolute atomic E-state index is 1.27. The van der Waals surface area contributed by atoms with E-state index in [0.29, 0.717) is 0 Å². The highest BCUT2D eigenvalue weighted by Gasteiger charge is 2.90. The molecule has 0 aromatic rings. The van der Waals surface area contributed by atoms with Crippen LogP contribution in [0.5, 0.6) is 0 Å². The molecule has 0 unspecified atom stereocenters. The number of hydrogen-bond donors (Lipinski definition) is 0. The maximum Gasteiger partial charge on any atom is -0.0312 e. The molecule has 0 aliphatic heterocycles. The molecule has 12 atom stereocenters. The summed E-state index contributed by atoms with van der Waals surface area (Å²) in [5, 5.41) is 0. The van der Waals surface area contributed by atoms with Gasteiger partial charge in [-0.1, -0.05) is 0 Å². The first-order valence-electron chi connectivity index (χ1n) is 9.97. The van der Waals surface area contributed by atoms with Gasteiger partial charge in [0, 0.05) is 0 Å². The third-order valence-corrected chi connectivity index (χ3v) is 11.9. The lowest BCUT2D eigenvalue weighted by Crippen LogP contribution is -2.91. The van der Waals surface area contributed by atoms with E-state index in [1.54, 1.807) is 25.7 Å². The highest BCUT2D eigenvalue weighted by atomic mass is 14.9. The second kappa shape index (κ2) is 2.28. The third kappa shape index (κ3) is 0.542. The monoisotopic (exact) mass is 264 g/mol. The average Bonchev–Trinajstić information content (AvgIpc) is 2.36. The topological polar surface area (TPSA) is 0 Å². The van der Waals surface area contributed by atoms with Gasteiger partial charge in [0.15, 0.2) is 0 Å². The lowest BCUT2D eigenvalue weighted by Gasteiger charge is -2.95. The maximum absolute atomic E-state index is 1.64. The molecule has 0 nitrogen and oxygen atoms in total. The highest BCUT2D eigenvalue weighted by Crippen LogP contribution is 2.94. The minimum Gasteiger partial charge on any atom is -0.0496 e. The molecule has 0 saturated heterocycles. The minimum atomic E-state index is 1.27. The van der Waals surface area contributed by atoms with Gasteiger partial charge in [-0.25, -0.2) is 0 Å². The zero-order chi connectivity index (χ0) is 12.1. The Labute approximate surface area is 121 Å². The van der Waals surface area contributed by atoms with Crippen molar-refractivity contribution in [3.63, 3.8) is 0 Å². The van der Waals surface area contributed by atoms with E-state index in [1.807, 2.05) is 0 Å². The Bertz CT molecular complexity index is 481. The Hall–Kier alpha value is 0.